The molecular weight excluding hydrogens is 362 g/mol. The lowest BCUT2D eigenvalue weighted by Crippen LogP contribution is -2.40. The maximum atomic E-state index is 12.4. The van der Waals surface area contributed by atoms with Gasteiger partial charge in [0.1, 0.15) is 0 Å². The molecule has 0 unspecified atom stereocenters. The molecule has 1 amide bonds. The molecule has 144 valence electrons. The summed E-state index contributed by atoms with van der Waals surface area (Å²) in [5, 5.41) is 6.17. The molecule has 0 aromatic heterocycles. The summed E-state index contributed by atoms with van der Waals surface area (Å²) in [5.74, 6) is -0.235. The van der Waals surface area contributed by atoms with Crippen LogP contribution in [-0.2, 0) is 29.7 Å². The number of sulfonamides is 1. The van der Waals surface area contributed by atoms with Crippen LogP contribution in [0.2, 0.25) is 0 Å². The van der Waals surface area contributed by atoms with Crippen LogP contribution in [0.4, 0.5) is 0 Å². The molecule has 1 aliphatic rings. The van der Waals surface area contributed by atoms with Crippen LogP contribution >= 0.6 is 0 Å². The molecule has 2 aromatic carbocycles. The van der Waals surface area contributed by atoms with Gasteiger partial charge in [0, 0.05) is 30.7 Å². The van der Waals surface area contributed by atoms with E-state index in [0.717, 1.165) is 18.7 Å². The number of hydrogen-bond donors (Lipinski definition) is 3. The van der Waals surface area contributed by atoms with Crippen molar-refractivity contribution in [3.8, 4) is 0 Å². The van der Waals surface area contributed by atoms with Gasteiger partial charge in [0.25, 0.3) is 5.91 Å². The molecule has 1 heterocycles. The molecule has 0 radical (unpaired) electrons. The van der Waals surface area contributed by atoms with Gasteiger partial charge in [-0.05, 0) is 61.7 Å². The Morgan fingerprint density at radius 3 is 2.37 bits per heavy atom. The Hall–Kier alpha value is -2.22. The van der Waals surface area contributed by atoms with Gasteiger partial charge in [0.2, 0.25) is 10.0 Å². The van der Waals surface area contributed by atoms with E-state index in [1.54, 1.807) is 20.8 Å². The van der Waals surface area contributed by atoms with E-state index in [1.807, 2.05) is 6.07 Å². The van der Waals surface area contributed by atoms with Crippen LogP contribution in [0, 0.1) is 0 Å². The summed E-state index contributed by atoms with van der Waals surface area (Å²) in [5.41, 5.74) is 3.46. The van der Waals surface area contributed by atoms with Crippen molar-refractivity contribution < 1.29 is 13.2 Å². The molecule has 0 aliphatic carbocycles. The van der Waals surface area contributed by atoms with Crippen molar-refractivity contribution in [2.24, 2.45) is 0 Å². The van der Waals surface area contributed by atoms with E-state index < -0.39 is 15.6 Å². The van der Waals surface area contributed by atoms with Crippen molar-refractivity contribution in [1.29, 1.82) is 0 Å². The highest BCUT2D eigenvalue weighted by atomic mass is 32.2. The van der Waals surface area contributed by atoms with E-state index in [2.05, 4.69) is 27.5 Å². The zero-order chi connectivity index (χ0) is 19.7. The van der Waals surface area contributed by atoms with Crippen LogP contribution in [0.3, 0.4) is 0 Å². The van der Waals surface area contributed by atoms with Crippen LogP contribution in [-0.4, -0.2) is 19.9 Å². The van der Waals surface area contributed by atoms with Gasteiger partial charge in [0.05, 0.1) is 4.90 Å². The largest absolute Gasteiger partial charge is 0.348 e. The van der Waals surface area contributed by atoms with Gasteiger partial charge in [-0.15, -0.1) is 0 Å². The average molecular weight is 388 g/mol. The summed E-state index contributed by atoms with van der Waals surface area (Å²) in [7, 11) is -3.61. The van der Waals surface area contributed by atoms with Crippen LogP contribution in [0.25, 0.3) is 0 Å². The zero-order valence-electron chi connectivity index (χ0n) is 15.8. The Balaban J connectivity index is 1.64. The Morgan fingerprint density at radius 1 is 1.04 bits per heavy atom. The summed E-state index contributed by atoms with van der Waals surface area (Å²) >= 11 is 0. The first kappa shape index (κ1) is 19.5. The van der Waals surface area contributed by atoms with Crippen molar-refractivity contribution in [2.45, 2.75) is 50.8 Å². The fourth-order valence-electron chi connectivity index (χ4n) is 2.99. The van der Waals surface area contributed by atoms with Gasteiger partial charge in [0.15, 0.2) is 0 Å². The van der Waals surface area contributed by atoms with Crippen LogP contribution in [0.5, 0.6) is 0 Å². The minimum atomic E-state index is -3.61. The average Bonchev–Trinajstić information content (AvgIpc) is 3.05. The first-order valence-corrected chi connectivity index (χ1v) is 10.4. The molecule has 7 heteroatoms. The first-order valence-electron chi connectivity index (χ1n) is 8.88. The monoisotopic (exact) mass is 387 g/mol. The second kappa shape index (κ2) is 7.42. The van der Waals surface area contributed by atoms with Gasteiger partial charge in [-0.25, -0.2) is 13.1 Å². The van der Waals surface area contributed by atoms with Crippen molar-refractivity contribution in [3.05, 3.63) is 64.7 Å². The Labute approximate surface area is 160 Å². The predicted molar refractivity (Wildman–Crippen MR) is 105 cm³/mol. The van der Waals surface area contributed by atoms with Crippen LogP contribution in [0.1, 0.15) is 47.8 Å². The highest BCUT2D eigenvalue weighted by molar-refractivity contribution is 7.89. The van der Waals surface area contributed by atoms with Gasteiger partial charge in [-0.1, -0.05) is 18.2 Å². The SMILES string of the molecule is CC(C)(C)NS(=O)(=O)c1ccc(C(=O)NCc2ccc3c(c2)CNC3)cc1. The number of amides is 1. The number of fused-ring (bicyclic) bond motifs is 1. The van der Waals surface area contributed by atoms with Gasteiger partial charge >= 0.3 is 0 Å². The first-order chi connectivity index (χ1) is 12.6. The highest BCUT2D eigenvalue weighted by Crippen LogP contribution is 2.17. The minimum Gasteiger partial charge on any atom is -0.348 e. The van der Waals surface area contributed by atoms with Crippen LogP contribution < -0.4 is 15.4 Å². The van der Waals surface area contributed by atoms with E-state index in [1.165, 1.54) is 35.4 Å². The number of rotatable bonds is 5. The predicted octanol–water partition coefficient (Wildman–Crippen LogP) is 2.30. The quantitative estimate of drug-likeness (QED) is 0.735. The summed E-state index contributed by atoms with van der Waals surface area (Å²) in [4.78, 5) is 12.5. The highest BCUT2D eigenvalue weighted by Gasteiger charge is 2.22. The van der Waals surface area contributed by atoms with Gasteiger partial charge in [-0.2, -0.15) is 0 Å². The fourth-order valence-corrected chi connectivity index (χ4v) is 4.41. The molecule has 27 heavy (non-hydrogen) atoms. The van der Waals surface area contributed by atoms with Crippen molar-refractivity contribution >= 4 is 15.9 Å². The summed E-state index contributed by atoms with van der Waals surface area (Å²) in [6.45, 7) is 7.51. The molecular formula is C20H25N3O3S. The van der Waals surface area contributed by atoms with Crippen LogP contribution in [0.15, 0.2) is 47.4 Å². The number of carbonyl (C=O) groups is 1. The normalized spacial score (nSPS) is 14.0. The van der Waals surface area contributed by atoms with Crippen molar-refractivity contribution in [2.75, 3.05) is 0 Å². The third kappa shape index (κ3) is 4.94. The van der Waals surface area contributed by atoms with E-state index in [4.69, 9.17) is 0 Å². The lowest BCUT2D eigenvalue weighted by molar-refractivity contribution is 0.0951. The molecule has 6 nitrogen and oxygen atoms in total. The number of carbonyl (C=O) groups excluding carboxylic acids is 1. The second-order valence-electron chi connectivity index (χ2n) is 7.77. The van der Waals surface area contributed by atoms with E-state index in [0.29, 0.717) is 12.1 Å². The topological polar surface area (TPSA) is 87.3 Å². The van der Waals surface area contributed by atoms with Crippen molar-refractivity contribution in [3.63, 3.8) is 0 Å². The lowest BCUT2D eigenvalue weighted by Gasteiger charge is -2.20. The molecule has 1 aliphatic heterocycles. The fraction of sp³-hybridized carbons (Fsp3) is 0.350. The lowest BCUT2D eigenvalue weighted by atomic mass is 10.1. The zero-order valence-corrected chi connectivity index (χ0v) is 16.6. The smallest absolute Gasteiger partial charge is 0.251 e. The number of hydrogen-bond acceptors (Lipinski definition) is 4. The maximum Gasteiger partial charge on any atom is 0.251 e. The van der Waals surface area contributed by atoms with Gasteiger partial charge in [-0.3, -0.25) is 4.79 Å². The third-order valence-electron chi connectivity index (χ3n) is 4.22. The number of benzene rings is 2. The Kier molecular flexibility index (Phi) is 5.37. The molecule has 0 spiro atoms. The molecule has 0 bridgehead atoms. The second-order valence-corrected chi connectivity index (χ2v) is 9.45. The standard InChI is InChI=1S/C20H25N3O3S/c1-20(2,3)23-27(25,26)18-8-6-15(7-9-18)19(24)22-11-14-4-5-16-12-21-13-17(16)10-14/h4-10,21,23H,11-13H2,1-3H3,(H,22,24). The van der Waals surface area contributed by atoms with E-state index in [9.17, 15) is 13.2 Å². The molecule has 0 atom stereocenters. The Morgan fingerprint density at radius 2 is 1.70 bits per heavy atom. The molecule has 2 aromatic rings. The molecule has 0 saturated heterocycles. The molecule has 3 rings (SSSR count). The Bertz CT molecular complexity index is 945. The third-order valence-corrected chi connectivity index (χ3v) is 6.00. The molecule has 0 fully saturated rings. The van der Waals surface area contributed by atoms with Crippen molar-refractivity contribution in [1.82, 2.24) is 15.4 Å². The summed E-state index contributed by atoms with van der Waals surface area (Å²) in [6.07, 6.45) is 0. The number of nitrogens with one attached hydrogen (secondary N) is 3. The molecule has 3 N–H and O–H groups in total. The maximum absolute atomic E-state index is 12.4. The van der Waals surface area contributed by atoms with E-state index in [-0.39, 0.29) is 10.8 Å². The van der Waals surface area contributed by atoms with Gasteiger partial charge < -0.3 is 10.6 Å². The summed E-state index contributed by atoms with van der Waals surface area (Å²) < 4.78 is 27.2. The molecule has 0 saturated carbocycles. The minimum absolute atomic E-state index is 0.139. The van der Waals surface area contributed by atoms with E-state index >= 15 is 0 Å². The summed E-state index contributed by atoms with van der Waals surface area (Å²) in [6, 6.07) is 12.1.